The van der Waals surface area contributed by atoms with Gasteiger partial charge in [0.15, 0.2) is 0 Å². The Kier molecular flexibility index (Phi) is 5.97. The molecule has 4 nitrogen and oxygen atoms in total. The minimum Gasteiger partial charge on any atom is -0.343 e. The van der Waals surface area contributed by atoms with E-state index in [0.29, 0.717) is 6.04 Å². The number of pyridine rings is 1. The second-order valence-corrected chi connectivity index (χ2v) is 8.19. The summed E-state index contributed by atoms with van der Waals surface area (Å²) in [6, 6.07) is 18.3. The quantitative estimate of drug-likeness (QED) is 0.373. The number of fused-ring (bicyclic) bond motifs is 1. The van der Waals surface area contributed by atoms with Crippen molar-refractivity contribution in [1.29, 1.82) is 0 Å². The first-order chi connectivity index (χ1) is 15.0. The monoisotopic (exact) mass is 428 g/mol. The van der Waals surface area contributed by atoms with Gasteiger partial charge in [0, 0.05) is 42.0 Å². The molecule has 0 aliphatic heterocycles. The van der Waals surface area contributed by atoms with Gasteiger partial charge in [-0.2, -0.15) is 0 Å². The molecule has 2 heterocycles. The number of imidazole rings is 1. The molecular formula is C26H25ClN4. The predicted molar refractivity (Wildman–Crippen MR) is 130 cm³/mol. The summed E-state index contributed by atoms with van der Waals surface area (Å²) in [5.41, 5.74) is 5.86. The van der Waals surface area contributed by atoms with Crippen LogP contribution in [0.25, 0.3) is 22.2 Å². The highest BCUT2D eigenvalue weighted by Gasteiger charge is 2.15. The Balaban J connectivity index is 1.60. The summed E-state index contributed by atoms with van der Waals surface area (Å²) in [5.74, 6) is 7.37. The molecule has 5 heteroatoms. The second kappa shape index (κ2) is 8.83. The molecule has 4 aromatic rings. The van der Waals surface area contributed by atoms with Crippen LogP contribution in [0.3, 0.4) is 0 Å². The fraction of sp³-hybridized carbons (Fsp3) is 0.231. The van der Waals surface area contributed by atoms with Gasteiger partial charge in [-0.25, -0.2) is 9.97 Å². The number of benzene rings is 2. The minimum absolute atomic E-state index is 0.378. The normalized spacial score (nSPS) is 10.9. The first-order valence-electron chi connectivity index (χ1n) is 10.4. The van der Waals surface area contributed by atoms with Crippen LogP contribution in [0.4, 0.5) is 5.95 Å². The fourth-order valence-electron chi connectivity index (χ4n) is 3.42. The van der Waals surface area contributed by atoms with Crippen molar-refractivity contribution in [2.24, 2.45) is 0 Å². The zero-order valence-electron chi connectivity index (χ0n) is 18.2. The maximum absolute atomic E-state index is 5.97. The predicted octanol–water partition coefficient (Wildman–Crippen LogP) is 6.02. The molecule has 0 fully saturated rings. The van der Waals surface area contributed by atoms with E-state index in [1.54, 1.807) is 0 Å². The van der Waals surface area contributed by atoms with Crippen molar-refractivity contribution in [3.63, 3.8) is 0 Å². The van der Waals surface area contributed by atoms with Gasteiger partial charge in [-0.3, -0.25) is 0 Å². The largest absolute Gasteiger partial charge is 0.343 e. The van der Waals surface area contributed by atoms with E-state index in [2.05, 4.69) is 60.2 Å². The third-order valence-electron chi connectivity index (χ3n) is 5.41. The molecule has 0 radical (unpaired) electrons. The van der Waals surface area contributed by atoms with Gasteiger partial charge in [0.05, 0.1) is 11.0 Å². The summed E-state index contributed by atoms with van der Waals surface area (Å²) in [5, 5.41) is 0.725. The number of halogens is 1. The van der Waals surface area contributed by atoms with Crippen molar-refractivity contribution in [1.82, 2.24) is 14.5 Å². The van der Waals surface area contributed by atoms with Gasteiger partial charge in [-0.1, -0.05) is 35.7 Å². The third-order valence-corrected chi connectivity index (χ3v) is 5.66. The van der Waals surface area contributed by atoms with Crippen LogP contribution in [0, 0.1) is 11.8 Å². The molecule has 0 N–H and O–H groups in total. The zero-order valence-corrected chi connectivity index (χ0v) is 19.0. The Morgan fingerprint density at radius 2 is 1.74 bits per heavy atom. The molecule has 0 saturated carbocycles. The molecule has 2 aromatic heterocycles. The van der Waals surface area contributed by atoms with Crippen LogP contribution in [0.1, 0.15) is 32.0 Å². The number of nitrogens with zero attached hydrogens (tertiary/aromatic N) is 4. The lowest BCUT2D eigenvalue weighted by atomic mass is 10.1. The van der Waals surface area contributed by atoms with Crippen molar-refractivity contribution < 1.29 is 0 Å². The first-order valence-corrected chi connectivity index (χ1v) is 10.8. The second-order valence-electron chi connectivity index (χ2n) is 7.75. The van der Waals surface area contributed by atoms with Crippen LogP contribution in [-0.2, 0) is 6.54 Å². The van der Waals surface area contributed by atoms with Gasteiger partial charge >= 0.3 is 0 Å². The molecule has 4 rings (SSSR count). The molecule has 0 spiro atoms. The molecule has 0 saturated heterocycles. The molecule has 31 heavy (non-hydrogen) atoms. The van der Waals surface area contributed by atoms with E-state index in [4.69, 9.17) is 16.6 Å². The lowest BCUT2D eigenvalue weighted by Gasteiger charge is -2.23. The molecule has 0 aliphatic rings. The summed E-state index contributed by atoms with van der Waals surface area (Å²) in [6.07, 6.45) is 1.84. The number of hydrogen-bond acceptors (Lipinski definition) is 3. The van der Waals surface area contributed by atoms with E-state index >= 15 is 0 Å². The summed E-state index contributed by atoms with van der Waals surface area (Å²) < 4.78 is 2.24. The van der Waals surface area contributed by atoms with E-state index in [1.165, 1.54) is 0 Å². The Morgan fingerprint density at radius 1 is 1.00 bits per heavy atom. The number of aryl methyl sites for hydroxylation is 1. The van der Waals surface area contributed by atoms with Crippen LogP contribution in [0.2, 0.25) is 5.02 Å². The maximum Gasteiger partial charge on any atom is 0.206 e. The van der Waals surface area contributed by atoms with Gasteiger partial charge < -0.3 is 9.47 Å². The van der Waals surface area contributed by atoms with E-state index in [1.807, 2.05) is 54.7 Å². The third kappa shape index (κ3) is 4.42. The minimum atomic E-state index is 0.378. The molecule has 0 atom stereocenters. The zero-order chi connectivity index (χ0) is 22.0. The smallest absolute Gasteiger partial charge is 0.206 e. The van der Waals surface area contributed by atoms with E-state index in [0.717, 1.165) is 50.9 Å². The van der Waals surface area contributed by atoms with Crippen molar-refractivity contribution in [3.05, 3.63) is 77.1 Å². The SMILES string of the molecule is CCn1c(N(C)C(C)C)nc2cc(C#Cc3ccc(-c4ccc(Cl)cc4)cn3)ccc21. The van der Waals surface area contributed by atoms with Crippen molar-refractivity contribution in [3.8, 4) is 23.0 Å². The number of hydrogen-bond donors (Lipinski definition) is 0. The Labute approximate surface area is 188 Å². The Hall–Kier alpha value is -3.29. The van der Waals surface area contributed by atoms with Gasteiger partial charge in [-0.05, 0) is 68.7 Å². The maximum atomic E-state index is 5.97. The van der Waals surface area contributed by atoms with Crippen LogP contribution in [-0.4, -0.2) is 27.6 Å². The first kappa shape index (κ1) is 21.0. The molecule has 0 unspecified atom stereocenters. The van der Waals surface area contributed by atoms with Crippen LogP contribution >= 0.6 is 11.6 Å². The van der Waals surface area contributed by atoms with E-state index in [9.17, 15) is 0 Å². The van der Waals surface area contributed by atoms with Gasteiger partial charge in [0.2, 0.25) is 5.95 Å². The van der Waals surface area contributed by atoms with Gasteiger partial charge in [-0.15, -0.1) is 0 Å². The Bertz CT molecular complexity index is 1260. The number of aromatic nitrogens is 3. The lowest BCUT2D eigenvalue weighted by Crippen LogP contribution is -2.28. The number of rotatable bonds is 4. The lowest BCUT2D eigenvalue weighted by molar-refractivity contribution is 0.684. The molecule has 0 bridgehead atoms. The molecule has 0 aliphatic carbocycles. The number of anilines is 1. The van der Waals surface area contributed by atoms with E-state index < -0.39 is 0 Å². The van der Waals surface area contributed by atoms with Gasteiger partial charge in [0.1, 0.15) is 5.69 Å². The summed E-state index contributed by atoms with van der Waals surface area (Å²) in [4.78, 5) is 11.6. The van der Waals surface area contributed by atoms with Gasteiger partial charge in [0.25, 0.3) is 0 Å². The average molecular weight is 429 g/mol. The van der Waals surface area contributed by atoms with Crippen molar-refractivity contribution in [2.75, 3.05) is 11.9 Å². The highest BCUT2D eigenvalue weighted by atomic mass is 35.5. The highest BCUT2D eigenvalue weighted by molar-refractivity contribution is 6.30. The van der Waals surface area contributed by atoms with E-state index in [-0.39, 0.29) is 0 Å². The average Bonchev–Trinajstić information content (AvgIpc) is 3.15. The van der Waals surface area contributed by atoms with Crippen LogP contribution in [0.5, 0.6) is 0 Å². The fourth-order valence-corrected chi connectivity index (χ4v) is 3.55. The summed E-state index contributed by atoms with van der Waals surface area (Å²) in [7, 11) is 2.08. The highest BCUT2D eigenvalue weighted by Crippen LogP contribution is 2.24. The molecule has 0 amide bonds. The summed E-state index contributed by atoms with van der Waals surface area (Å²) >= 11 is 5.97. The molecule has 156 valence electrons. The van der Waals surface area contributed by atoms with Crippen LogP contribution in [0.15, 0.2) is 60.8 Å². The standard InChI is InChI=1S/C26H25ClN4/c1-5-31-25-15-7-19(16-24(25)29-26(31)30(4)18(2)3)6-13-23-14-10-21(17-28-23)20-8-11-22(27)12-9-20/h7-12,14-18H,5H2,1-4H3. The van der Waals surface area contributed by atoms with Crippen molar-refractivity contribution in [2.45, 2.75) is 33.4 Å². The molecular weight excluding hydrogens is 404 g/mol. The topological polar surface area (TPSA) is 34.0 Å². The van der Waals surface area contributed by atoms with Crippen LogP contribution < -0.4 is 4.90 Å². The Morgan fingerprint density at radius 3 is 2.39 bits per heavy atom. The van der Waals surface area contributed by atoms with Crippen molar-refractivity contribution >= 4 is 28.6 Å². The summed E-state index contributed by atoms with van der Waals surface area (Å²) in [6.45, 7) is 7.35. The molecule has 2 aromatic carbocycles.